The van der Waals surface area contributed by atoms with E-state index < -0.39 is 0 Å². The van der Waals surface area contributed by atoms with Crippen molar-refractivity contribution < 1.29 is 4.74 Å². The summed E-state index contributed by atoms with van der Waals surface area (Å²) in [6.07, 6.45) is 11.4. The molecule has 1 N–H and O–H groups in total. The van der Waals surface area contributed by atoms with E-state index >= 15 is 0 Å². The molecule has 0 spiro atoms. The minimum Gasteiger partial charge on any atom is -0.378 e. The van der Waals surface area contributed by atoms with Gasteiger partial charge in [-0.2, -0.15) is 0 Å². The number of rotatable bonds is 6. The van der Waals surface area contributed by atoms with E-state index in [1.807, 2.05) is 0 Å². The molecule has 2 nitrogen and oxygen atoms in total. The number of nitrogens with one attached hydrogen (secondary N) is 1. The van der Waals surface area contributed by atoms with Crippen molar-refractivity contribution in [3.8, 4) is 0 Å². The lowest BCUT2D eigenvalue weighted by Crippen LogP contribution is -2.27. The first-order valence-corrected chi connectivity index (χ1v) is 7.57. The van der Waals surface area contributed by atoms with Gasteiger partial charge in [-0.3, -0.25) is 0 Å². The Labute approximate surface area is 107 Å². The Morgan fingerprint density at radius 3 is 2.94 bits per heavy atom. The number of hydrogen-bond acceptors (Lipinski definition) is 2. The van der Waals surface area contributed by atoms with Gasteiger partial charge in [-0.15, -0.1) is 0 Å². The minimum atomic E-state index is 0.588. The minimum absolute atomic E-state index is 0.588. The molecule has 0 radical (unpaired) electrons. The van der Waals surface area contributed by atoms with Crippen molar-refractivity contribution in [1.82, 2.24) is 5.32 Å². The molecule has 0 aromatic carbocycles. The Hall–Kier alpha value is -0.0800. The van der Waals surface area contributed by atoms with Gasteiger partial charge in [0.2, 0.25) is 0 Å². The molecule has 1 saturated carbocycles. The van der Waals surface area contributed by atoms with Crippen LogP contribution in [-0.4, -0.2) is 25.3 Å². The summed E-state index contributed by atoms with van der Waals surface area (Å²) in [5, 5.41) is 3.61. The van der Waals surface area contributed by atoms with E-state index in [0.717, 1.165) is 19.2 Å². The third-order valence-corrected chi connectivity index (χ3v) is 4.66. The second kappa shape index (κ2) is 6.19. The van der Waals surface area contributed by atoms with Crippen LogP contribution in [0.2, 0.25) is 0 Å². The van der Waals surface area contributed by atoms with E-state index in [4.69, 9.17) is 4.74 Å². The molecule has 17 heavy (non-hydrogen) atoms. The molecule has 0 amide bonds. The highest BCUT2D eigenvalue weighted by Crippen LogP contribution is 2.42. The monoisotopic (exact) mass is 239 g/mol. The summed E-state index contributed by atoms with van der Waals surface area (Å²) >= 11 is 0. The van der Waals surface area contributed by atoms with Crippen LogP contribution >= 0.6 is 0 Å². The fourth-order valence-corrected chi connectivity index (χ4v) is 3.64. The third kappa shape index (κ3) is 3.96. The van der Waals surface area contributed by atoms with Gasteiger partial charge in [0.15, 0.2) is 0 Å². The van der Waals surface area contributed by atoms with E-state index in [-0.39, 0.29) is 0 Å². The standard InChI is InChI=1S/C15H29NO/c1-3-16-13-8-10-15(2,12-13)9-4-6-14-7-5-11-17-14/h13-14,16H,3-12H2,1-2H3. The molecule has 2 fully saturated rings. The summed E-state index contributed by atoms with van der Waals surface area (Å²) in [6.45, 7) is 6.83. The van der Waals surface area contributed by atoms with Crippen molar-refractivity contribution in [1.29, 1.82) is 0 Å². The molecule has 1 heterocycles. The van der Waals surface area contributed by atoms with Crippen LogP contribution in [0, 0.1) is 5.41 Å². The largest absolute Gasteiger partial charge is 0.378 e. The molecule has 100 valence electrons. The van der Waals surface area contributed by atoms with E-state index in [0.29, 0.717) is 11.5 Å². The average molecular weight is 239 g/mol. The predicted molar refractivity (Wildman–Crippen MR) is 72.2 cm³/mol. The second-order valence-corrected chi connectivity index (χ2v) is 6.34. The van der Waals surface area contributed by atoms with E-state index in [1.165, 1.54) is 51.4 Å². The lowest BCUT2D eigenvalue weighted by molar-refractivity contribution is 0.0981. The van der Waals surface area contributed by atoms with Crippen LogP contribution in [0.5, 0.6) is 0 Å². The summed E-state index contributed by atoms with van der Waals surface area (Å²) in [5.41, 5.74) is 0.603. The van der Waals surface area contributed by atoms with Crippen molar-refractivity contribution in [3.63, 3.8) is 0 Å². The van der Waals surface area contributed by atoms with Gasteiger partial charge in [0.25, 0.3) is 0 Å². The van der Waals surface area contributed by atoms with Gasteiger partial charge in [0.1, 0.15) is 0 Å². The Kier molecular flexibility index (Phi) is 4.87. The van der Waals surface area contributed by atoms with E-state index in [1.54, 1.807) is 0 Å². The molecule has 1 aliphatic heterocycles. The maximum atomic E-state index is 5.70. The SMILES string of the molecule is CCNC1CCC(C)(CCCC2CCCO2)C1. The van der Waals surface area contributed by atoms with Crippen molar-refractivity contribution in [2.24, 2.45) is 5.41 Å². The van der Waals surface area contributed by atoms with Crippen LogP contribution in [0.1, 0.15) is 65.2 Å². The van der Waals surface area contributed by atoms with Gasteiger partial charge >= 0.3 is 0 Å². The van der Waals surface area contributed by atoms with Gasteiger partial charge in [-0.25, -0.2) is 0 Å². The Bertz CT molecular complexity index is 225. The molecule has 1 saturated heterocycles. The lowest BCUT2D eigenvalue weighted by Gasteiger charge is -2.25. The molecule has 0 aromatic heterocycles. The molecular weight excluding hydrogens is 210 g/mol. The van der Waals surface area contributed by atoms with Crippen molar-refractivity contribution >= 4 is 0 Å². The summed E-state index contributed by atoms with van der Waals surface area (Å²) in [5.74, 6) is 0. The number of hydrogen-bond donors (Lipinski definition) is 1. The Morgan fingerprint density at radius 2 is 2.24 bits per heavy atom. The predicted octanol–water partition coefficient (Wildman–Crippen LogP) is 3.50. The third-order valence-electron chi connectivity index (χ3n) is 4.66. The van der Waals surface area contributed by atoms with Crippen LogP contribution in [0.4, 0.5) is 0 Å². The maximum absolute atomic E-state index is 5.70. The van der Waals surface area contributed by atoms with E-state index in [9.17, 15) is 0 Å². The molecular formula is C15H29NO. The molecule has 2 heteroatoms. The quantitative estimate of drug-likeness (QED) is 0.766. The van der Waals surface area contributed by atoms with Gasteiger partial charge in [-0.05, 0) is 56.9 Å². The van der Waals surface area contributed by atoms with Crippen LogP contribution < -0.4 is 5.32 Å². The van der Waals surface area contributed by atoms with Crippen LogP contribution in [0.25, 0.3) is 0 Å². The van der Waals surface area contributed by atoms with Gasteiger partial charge in [0.05, 0.1) is 6.10 Å². The maximum Gasteiger partial charge on any atom is 0.0576 e. The average Bonchev–Trinajstić information content (AvgIpc) is 2.90. The fourth-order valence-electron chi connectivity index (χ4n) is 3.64. The zero-order chi connectivity index (χ0) is 12.1. The lowest BCUT2D eigenvalue weighted by atomic mass is 9.82. The first kappa shape index (κ1) is 13.4. The normalized spacial score (nSPS) is 37.8. The van der Waals surface area contributed by atoms with Crippen LogP contribution in [0.3, 0.4) is 0 Å². The molecule has 0 bridgehead atoms. The molecule has 2 aliphatic rings. The summed E-state index contributed by atoms with van der Waals surface area (Å²) in [7, 11) is 0. The van der Waals surface area contributed by atoms with Crippen LogP contribution in [-0.2, 0) is 4.74 Å². The number of ether oxygens (including phenoxy) is 1. The smallest absolute Gasteiger partial charge is 0.0576 e. The van der Waals surface area contributed by atoms with Gasteiger partial charge in [-0.1, -0.05) is 20.3 Å². The molecule has 3 atom stereocenters. The first-order valence-electron chi connectivity index (χ1n) is 7.57. The van der Waals surface area contributed by atoms with Crippen molar-refractivity contribution in [3.05, 3.63) is 0 Å². The van der Waals surface area contributed by atoms with E-state index in [2.05, 4.69) is 19.2 Å². The Balaban J connectivity index is 1.64. The Morgan fingerprint density at radius 1 is 1.35 bits per heavy atom. The fraction of sp³-hybridized carbons (Fsp3) is 1.00. The van der Waals surface area contributed by atoms with Crippen LogP contribution in [0.15, 0.2) is 0 Å². The van der Waals surface area contributed by atoms with Crippen molar-refractivity contribution in [2.45, 2.75) is 77.4 Å². The highest BCUT2D eigenvalue weighted by atomic mass is 16.5. The zero-order valence-electron chi connectivity index (χ0n) is 11.6. The second-order valence-electron chi connectivity index (χ2n) is 6.34. The highest BCUT2D eigenvalue weighted by molar-refractivity contribution is 4.89. The van der Waals surface area contributed by atoms with Gasteiger partial charge in [0, 0.05) is 12.6 Å². The van der Waals surface area contributed by atoms with Crippen molar-refractivity contribution in [2.75, 3.05) is 13.2 Å². The highest BCUT2D eigenvalue weighted by Gasteiger charge is 2.34. The van der Waals surface area contributed by atoms with Gasteiger partial charge < -0.3 is 10.1 Å². The summed E-state index contributed by atoms with van der Waals surface area (Å²) in [4.78, 5) is 0. The zero-order valence-corrected chi connectivity index (χ0v) is 11.6. The first-order chi connectivity index (χ1) is 8.22. The summed E-state index contributed by atoms with van der Waals surface area (Å²) in [6, 6.07) is 0.785. The molecule has 0 aromatic rings. The molecule has 2 rings (SSSR count). The summed E-state index contributed by atoms with van der Waals surface area (Å²) < 4.78 is 5.70. The topological polar surface area (TPSA) is 21.3 Å². The molecule has 1 aliphatic carbocycles. The molecule has 3 unspecified atom stereocenters.